The number of unbranched alkanes of at least 4 members (excludes halogenated alkanes) is 2. The molecule has 3 aliphatic heterocycles. The Morgan fingerprint density at radius 1 is 0.808 bits per heavy atom. The molecule has 0 saturated carbocycles. The topological polar surface area (TPSA) is 103 Å². The molecule has 52 heavy (non-hydrogen) atoms. The number of nitrogens with zero attached hydrogens (tertiary/aromatic N) is 2. The predicted octanol–water partition coefficient (Wildman–Crippen LogP) is 6.51. The maximum atomic E-state index is 12.5. The van der Waals surface area contributed by atoms with Gasteiger partial charge in [-0.25, -0.2) is 0 Å². The normalized spacial score (nSPS) is 23.9. The summed E-state index contributed by atoms with van der Waals surface area (Å²) in [5.74, 6) is 0.164. The highest BCUT2D eigenvalue weighted by Crippen LogP contribution is 2.43. The van der Waals surface area contributed by atoms with Crippen LogP contribution in [0.4, 0.5) is 0 Å². The third kappa shape index (κ3) is 10.5. The van der Waals surface area contributed by atoms with Gasteiger partial charge in [0, 0.05) is 57.0 Å². The van der Waals surface area contributed by atoms with Gasteiger partial charge in [-0.1, -0.05) is 74.0 Å². The van der Waals surface area contributed by atoms with E-state index in [-0.39, 0.29) is 36.5 Å². The molecule has 3 saturated heterocycles. The molecular weight excluding hydrogens is 652 g/mol. The van der Waals surface area contributed by atoms with Gasteiger partial charge < -0.3 is 30.1 Å². The number of ether oxygens (including phenoxy) is 2. The molecule has 3 N–H and O–H groups in total. The van der Waals surface area contributed by atoms with Gasteiger partial charge in [0.1, 0.15) is 0 Å². The highest BCUT2D eigenvalue weighted by Gasteiger charge is 2.41. The first-order valence-corrected chi connectivity index (χ1v) is 19.5. The molecule has 5 unspecified atom stereocenters. The molecule has 0 radical (unpaired) electrons. The Hall–Kier alpha value is -3.60. The number of nitrogens with one attached hydrogen (secondary N) is 2. The van der Waals surface area contributed by atoms with Gasteiger partial charge in [-0.3, -0.25) is 14.5 Å². The van der Waals surface area contributed by atoms with Gasteiger partial charge in [0.05, 0.1) is 18.8 Å². The van der Waals surface area contributed by atoms with Crippen molar-refractivity contribution >= 4 is 11.8 Å². The van der Waals surface area contributed by atoms with Crippen molar-refractivity contribution in [3.8, 4) is 11.1 Å². The summed E-state index contributed by atoms with van der Waals surface area (Å²) >= 11 is 0. The lowest BCUT2D eigenvalue weighted by atomic mass is 9.89. The molecule has 280 valence electrons. The number of carbonyl (C=O) groups excluding carboxylic acids is 2. The van der Waals surface area contributed by atoms with Crippen LogP contribution in [0, 0.1) is 5.92 Å². The number of aliphatic hydroxyl groups is 1. The number of benzene rings is 3. The van der Waals surface area contributed by atoms with Gasteiger partial charge in [0.25, 0.3) is 0 Å². The molecule has 3 aromatic carbocycles. The molecular formula is C43H58N4O5. The van der Waals surface area contributed by atoms with Gasteiger partial charge >= 0.3 is 0 Å². The number of amides is 2. The van der Waals surface area contributed by atoms with Crippen LogP contribution in [0.15, 0.2) is 72.8 Å². The molecule has 3 heterocycles. The molecule has 9 heteroatoms. The van der Waals surface area contributed by atoms with Crippen molar-refractivity contribution in [2.24, 2.45) is 5.92 Å². The lowest BCUT2D eigenvalue weighted by molar-refractivity contribution is -0.276. The third-order valence-electron chi connectivity index (χ3n) is 11.1. The van der Waals surface area contributed by atoms with Crippen molar-refractivity contribution in [1.82, 2.24) is 20.4 Å². The number of aliphatic hydroxyl groups excluding tert-OH is 1. The molecule has 6 rings (SSSR count). The molecule has 2 amide bonds. The standard InChI is InChI=1S/C43H58N4O5/c1-31-40(29-47-24-10-15-39(47)28-46-22-6-7-23-46)51-43(52-42(31)35-19-17-33(30-48)18-20-35)38-14-9-13-37(26-38)36-12-8-11-34(25-36)27-45-41(50)16-4-3-5-21-44-32(2)49/h8-9,11-14,17-20,25-26,31,39-40,42-43,48H,3-7,10,15-16,21-24,27-30H2,1-2H3,(H,44,49)(H,45,50). The molecule has 5 atom stereocenters. The average Bonchev–Trinajstić information content (AvgIpc) is 3.85. The first kappa shape index (κ1) is 38.1. The molecule has 9 nitrogen and oxygen atoms in total. The van der Waals surface area contributed by atoms with Crippen LogP contribution in [0.2, 0.25) is 0 Å². The summed E-state index contributed by atoms with van der Waals surface area (Å²) in [5, 5.41) is 15.5. The number of rotatable bonds is 16. The van der Waals surface area contributed by atoms with E-state index in [1.54, 1.807) is 0 Å². The van der Waals surface area contributed by atoms with Crippen molar-refractivity contribution in [3.63, 3.8) is 0 Å². The number of hydrogen-bond donors (Lipinski definition) is 3. The third-order valence-corrected chi connectivity index (χ3v) is 11.1. The van der Waals surface area contributed by atoms with E-state index in [1.807, 2.05) is 24.3 Å². The van der Waals surface area contributed by atoms with Crippen molar-refractivity contribution in [1.29, 1.82) is 0 Å². The molecule has 0 spiro atoms. The van der Waals surface area contributed by atoms with E-state index in [2.05, 4.69) is 75.9 Å². The van der Waals surface area contributed by atoms with E-state index in [0.29, 0.717) is 25.6 Å². The fourth-order valence-corrected chi connectivity index (χ4v) is 8.03. The summed E-state index contributed by atoms with van der Waals surface area (Å²) in [5.41, 5.74) is 6.17. The minimum absolute atomic E-state index is 0.00625. The summed E-state index contributed by atoms with van der Waals surface area (Å²) in [6.45, 7) is 10.5. The minimum atomic E-state index is -0.524. The Balaban J connectivity index is 1.13. The smallest absolute Gasteiger partial charge is 0.220 e. The van der Waals surface area contributed by atoms with Crippen LogP contribution < -0.4 is 10.6 Å². The van der Waals surface area contributed by atoms with Gasteiger partial charge in [-0.05, 0) is 98.1 Å². The van der Waals surface area contributed by atoms with E-state index in [1.165, 1.54) is 45.7 Å². The zero-order chi connectivity index (χ0) is 36.3. The minimum Gasteiger partial charge on any atom is -0.392 e. The quantitative estimate of drug-likeness (QED) is 0.146. The lowest BCUT2D eigenvalue weighted by Crippen LogP contribution is -2.48. The monoisotopic (exact) mass is 710 g/mol. The van der Waals surface area contributed by atoms with Crippen molar-refractivity contribution in [3.05, 3.63) is 95.1 Å². The number of hydrogen-bond acceptors (Lipinski definition) is 7. The second-order valence-corrected chi connectivity index (χ2v) is 15.0. The van der Waals surface area contributed by atoms with E-state index >= 15 is 0 Å². The Morgan fingerprint density at radius 2 is 1.58 bits per heavy atom. The van der Waals surface area contributed by atoms with Crippen LogP contribution in [-0.4, -0.2) is 78.1 Å². The molecule has 3 aromatic rings. The second kappa shape index (κ2) is 18.9. The van der Waals surface area contributed by atoms with E-state index in [0.717, 1.165) is 72.3 Å². The van der Waals surface area contributed by atoms with Crippen LogP contribution in [0.25, 0.3) is 11.1 Å². The van der Waals surface area contributed by atoms with E-state index in [4.69, 9.17) is 9.47 Å². The summed E-state index contributed by atoms with van der Waals surface area (Å²) in [6.07, 6.45) is 7.49. The van der Waals surface area contributed by atoms with Crippen LogP contribution in [0.1, 0.15) is 99.9 Å². The Kier molecular flexibility index (Phi) is 13.9. The van der Waals surface area contributed by atoms with Gasteiger partial charge in [0.2, 0.25) is 11.8 Å². The van der Waals surface area contributed by atoms with E-state index in [9.17, 15) is 14.7 Å². The largest absolute Gasteiger partial charge is 0.392 e. The van der Waals surface area contributed by atoms with Crippen molar-refractivity contribution < 1.29 is 24.2 Å². The van der Waals surface area contributed by atoms with Crippen molar-refractivity contribution in [2.45, 2.75) is 103 Å². The highest BCUT2D eigenvalue weighted by atomic mass is 16.7. The zero-order valence-electron chi connectivity index (χ0n) is 31.1. The zero-order valence-corrected chi connectivity index (χ0v) is 31.1. The fraction of sp³-hybridized carbons (Fsp3) is 0.535. The Bertz CT molecular complexity index is 1590. The first-order valence-electron chi connectivity index (χ1n) is 19.5. The highest BCUT2D eigenvalue weighted by molar-refractivity contribution is 5.76. The van der Waals surface area contributed by atoms with Gasteiger partial charge in [-0.2, -0.15) is 0 Å². The molecule has 0 bridgehead atoms. The Morgan fingerprint density at radius 3 is 2.35 bits per heavy atom. The number of carbonyl (C=O) groups is 2. The summed E-state index contributed by atoms with van der Waals surface area (Å²) in [7, 11) is 0. The lowest BCUT2D eigenvalue weighted by Gasteiger charge is -2.43. The van der Waals surface area contributed by atoms with Gasteiger partial charge in [-0.15, -0.1) is 0 Å². The summed E-state index contributed by atoms with van der Waals surface area (Å²) in [4.78, 5) is 28.8. The van der Waals surface area contributed by atoms with E-state index < -0.39 is 6.29 Å². The van der Waals surface area contributed by atoms with Crippen LogP contribution in [-0.2, 0) is 32.2 Å². The number of likely N-dealkylation sites (tertiary alicyclic amines) is 2. The maximum absolute atomic E-state index is 12.5. The average molecular weight is 711 g/mol. The predicted molar refractivity (Wildman–Crippen MR) is 204 cm³/mol. The van der Waals surface area contributed by atoms with Crippen molar-refractivity contribution in [2.75, 3.05) is 39.3 Å². The van der Waals surface area contributed by atoms with Gasteiger partial charge in [0.15, 0.2) is 6.29 Å². The maximum Gasteiger partial charge on any atom is 0.220 e. The summed E-state index contributed by atoms with van der Waals surface area (Å²) in [6, 6.07) is 25.5. The SMILES string of the molecule is CC(=O)NCCCCCC(=O)NCc1cccc(-c2cccc(C3OC(CN4CCCC4CN4CCCC4)C(C)C(c4ccc(CO)cc4)O3)c2)c1. The van der Waals surface area contributed by atoms with Crippen LogP contribution in [0.5, 0.6) is 0 Å². The second-order valence-electron chi connectivity index (χ2n) is 15.0. The first-order chi connectivity index (χ1) is 25.4. The molecule has 3 fully saturated rings. The molecule has 0 aromatic heterocycles. The van der Waals surface area contributed by atoms with Crippen LogP contribution in [0.3, 0.4) is 0 Å². The van der Waals surface area contributed by atoms with Crippen LogP contribution >= 0.6 is 0 Å². The fourth-order valence-electron chi connectivity index (χ4n) is 8.03. The summed E-state index contributed by atoms with van der Waals surface area (Å²) < 4.78 is 13.8. The molecule has 0 aliphatic carbocycles. The molecule has 3 aliphatic rings. The Labute approximate surface area is 310 Å².